The molecular weight excluding hydrogens is 310 g/mol. The van der Waals surface area contributed by atoms with Crippen molar-refractivity contribution in [2.24, 2.45) is 0 Å². The SMILES string of the molecule is COC(=O)[C@H]1CCCCN1Cc1cc(=O)oc2c(C)c(O)ccc12. The molecule has 0 bridgehead atoms. The van der Waals surface area contributed by atoms with Gasteiger partial charge in [-0.05, 0) is 44.0 Å². The number of rotatable bonds is 3. The van der Waals surface area contributed by atoms with Gasteiger partial charge in [0.05, 0.1) is 7.11 Å². The first-order chi connectivity index (χ1) is 11.5. The van der Waals surface area contributed by atoms with Crippen molar-refractivity contribution in [1.82, 2.24) is 4.90 Å². The third-order valence-corrected chi connectivity index (χ3v) is 4.68. The molecule has 128 valence electrons. The minimum absolute atomic E-state index is 0.0909. The highest BCUT2D eigenvalue weighted by Crippen LogP contribution is 2.29. The predicted molar refractivity (Wildman–Crippen MR) is 89.0 cm³/mol. The largest absolute Gasteiger partial charge is 0.508 e. The van der Waals surface area contributed by atoms with E-state index in [0.29, 0.717) is 17.7 Å². The van der Waals surface area contributed by atoms with Crippen molar-refractivity contribution in [3.63, 3.8) is 0 Å². The highest BCUT2D eigenvalue weighted by Gasteiger charge is 2.30. The van der Waals surface area contributed by atoms with E-state index in [0.717, 1.165) is 36.8 Å². The number of aromatic hydroxyl groups is 1. The quantitative estimate of drug-likeness (QED) is 0.687. The number of piperidine rings is 1. The van der Waals surface area contributed by atoms with Crippen LogP contribution in [0.3, 0.4) is 0 Å². The van der Waals surface area contributed by atoms with Gasteiger partial charge in [0, 0.05) is 23.6 Å². The number of hydrogen-bond acceptors (Lipinski definition) is 6. The van der Waals surface area contributed by atoms with Crippen molar-refractivity contribution < 1.29 is 19.1 Å². The minimum atomic E-state index is -0.460. The summed E-state index contributed by atoms with van der Waals surface area (Å²) in [7, 11) is 1.40. The molecule has 1 fully saturated rings. The van der Waals surface area contributed by atoms with Gasteiger partial charge in [0.2, 0.25) is 0 Å². The van der Waals surface area contributed by atoms with Crippen LogP contribution in [0.25, 0.3) is 11.0 Å². The summed E-state index contributed by atoms with van der Waals surface area (Å²) in [4.78, 5) is 26.0. The number of ether oxygens (including phenoxy) is 1. The minimum Gasteiger partial charge on any atom is -0.508 e. The molecule has 0 radical (unpaired) electrons. The van der Waals surface area contributed by atoms with Crippen LogP contribution in [-0.4, -0.2) is 35.7 Å². The third-order valence-electron chi connectivity index (χ3n) is 4.68. The molecule has 2 aromatic rings. The number of likely N-dealkylation sites (tertiary alicyclic amines) is 1. The molecule has 1 aromatic carbocycles. The van der Waals surface area contributed by atoms with E-state index >= 15 is 0 Å². The van der Waals surface area contributed by atoms with E-state index in [1.807, 2.05) is 4.90 Å². The summed E-state index contributed by atoms with van der Waals surface area (Å²) in [5.74, 6) is -0.149. The fourth-order valence-electron chi connectivity index (χ4n) is 3.35. The van der Waals surface area contributed by atoms with Crippen LogP contribution in [0.1, 0.15) is 30.4 Å². The molecule has 0 saturated carbocycles. The normalized spacial score (nSPS) is 18.7. The Labute approximate surface area is 139 Å². The number of esters is 1. The van der Waals surface area contributed by atoms with E-state index in [4.69, 9.17) is 9.15 Å². The van der Waals surface area contributed by atoms with Crippen LogP contribution in [0.5, 0.6) is 5.75 Å². The van der Waals surface area contributed by atoms with E-state index in [1.54, 1.807) is 19.1 Å². The number of methoxy groups -OCH3 is 1. The number of fused-ring (bicyclic) bond motifs is 1. The van der Waals surface area contributed by atoms with Gasteiger partial charge in [-0.2, -0.15) is 0 Å². The number of benzene rings is 1. The van der Waals surface area contributed by atoms with Crippen LogP contribution in [0.15, 0.2) is 27.4 Å². The molecule has 1 saturated heterocycles. The first kappa shape index (κ1) is 16.5. The van der Waals surface area contributed by atoms with Gasteiger partial charge in [-0.25, -0.2) is 4.79 Å². The molecule has 24 heavy (non-hydrogen) atoms. The van der Waals surface area contributed by atoms with Gasteiger partial charge in [-0.3, -0.25) is 9.69 Å². The van der Waals surface area contributed by atoms with Gasteiger partial charge in [-0.15, -0.1) is 0 Å². The molecule has 0 aliphatic carbocycles. The highest BCUT2D eigenvalue weighted by molar-refractivity contribution is 5.85. The molecule has 1 atom stereocenters. The van der Waals surface area contributed by atoms with Gasteiger partial charge in [0.25, 0.3) is 0 Å². The van der Waals surface area contributed by atoms with E-state index in [1.165, 1.54) is 13.2 Å². The number of phenolic OH excluding ortho intramolecular Hbond substituents is 1. The second-order valence-electron chi connectivity index (χ2n) is 6.18. The van der Waals surface area contributed by atoms with Gasteiger partial charge >= 0.3 is 11.6 Å². The summed E-state index contributed by atoms with van der Waals surface area (Å²) in [5.41, 5.74) is 1.26. The predicted octanol–water partition coefficient (Wildman–Crippen LogP) is 2.33. The monoisotopic (exact) mass is 331 g/mol. The summed E-state index contributed by atoms with van der Waals surface area (Å²) in [6.45, 7) is 2.95. The Morgan fingerprint density at radius 2 is 2.21 bits per heavy atom. The summed E-state index contributed by atoms with van der Waals surface area (Å²) in [6.07, 6.45) is 2.75. The zero-order chi connectivity index (χ0) is 17.3. The van der Waals surface area contributed by atoms with E-state index in [9.17, 15) is 14.7 Å². The maximum absolute atomic E-state index is 12.0. The molecule has 0 spiro atoms. The molecule has 1 aliphatic rings. The maximum atomic E-state index is 12.0. The number of hydrogen-bond donors (Lipinski definition) is 1. The molecule has 2 heterocycles. The average molecular weight is 331 g/mol. The van der Waals surface area contributed by atoms with Crippen molar-refractivity contribution in [2.45, 2.75) is 38.8 Å². The van der Waals surface area contributed by atoms with Gasteiger partial charge in [-0.1, -0.05) is 6.42 Å². The number of carbonyl (C=O) groups is 1. The Hall–Kier alpha value is -2.34. The molecule has 6 nitrogen and oxygen atoms in total. The lowest BCUT2D eigenvalue weighted by Gasteiger charge is -2.33. The Morgan fingerprint density at radius 3 is 2.96 bits per heavy atom. The van der Waals surface area contributed by atoms with Crippen LogP contribution >= 0.6 is 0 Å². The average Bonchev–Trinajstić information content (AvgIpc) is 2.58. The van der Waals surface area contributed by atoms with Gasteiger partial charge < -0.3 is 14.3 Å². The summed E-state index contributed by atoms with van der Waals surface area (Å²) in [6, 6.07) is 4.51. The van der Waals surface area contributed by atoms with E-state index in [-0.39, 0.29) is 17.8 Å². The van der Waals surface area contributed by atoms with Crippen molar-refractivity contribution in [2.75, 3.05) is 13.7 Å². The topological polar surface area (TPSA) is 80.0 Å². The Balaban J connectivity index is 2.01. The molecule has 1 N–H and O–H groups in total. The standard InChI is InChI=1S/C18H21NO5/c1-11-15(20)7-6-13-12(9-16(21)24-17(11)13)10-19-8-4-3-5-14(19)18(22)23-2/h6-7,9,14,20H,3-5,8,10H2,1-2H3/t14-/m1/s1. The number of aryl methyl sites for hydroxylation is 1. The summed E-state index contributed by atoms with van der Waals surface area (Å²) >= 11 is 0. The Morgan fingerprint density at radius 1 is 1.42 bits per heavy atom. The number of nitrogens with zero attached hydrogens (tertiary/aromatic N) is 1. The van der Waals surface area contributed by atoms with Crippen LogP contribution in [0.4, 0.5) is 0 Å². The van der Waals surface area contributed by atoms with Crippen LogP contribution in [0, 0.1) is 6.92 Å². The zero-order valence-electron chi connectivity index (χ0n) is 13.9. The van der Waals surface area contributed by atoms with Crippen molar-refractivity contribution >= 4 is 16.9 Å². The Bertz CT molecular complexity index is 826. The van der Waals surface area contributed by atoms with Crippen molar-refractivity contribution in [1.29, 1.82) is 0 Å². The van der Waals surface area contributed by atoms with Crippen LogP contribution in [-0.2, 0) is 16.1 Å². The second-order valence-corrected chi connectivity index (χ2v) is 6.18. The number of phenols is 1. The molecule has 0 unspecified atom stereocenters. The van der Waals surface area contributed by atoms with E-state index in [2.05, 4.69) is 0 Å². The van der Waals surface area contributed by atoms with Gasteiger partial charge in [0.15, 0.2) is 0 Å². The lowest BCUT2D eigenvalue weighted by Crippen LogP contribution is -2.44. The lowest BCUT2D eigenvalue weighted by atomic mass is 10.00. The maximum Gasteiger partial charge on any atom is 0.336 e. The molecule has 1 aliphatic heterocycles. The molecule has 3 rings (SSSR count). The molecule has 6 heteroatoms. The fraction of sp³-hybridized carbons (Fsp3) is 0.444. The second kappa shape index (κ2) is 6.65. The lowest BCUT2D eigenvalue weighted by molar-refractivity contribution is -0.148. The van der Waals surface area contributed by atoms with Crippen LogP contribution in [0.2, 0.25) is 0 Å². The van der Waals surface area contributed by atoms with Gasteiger partial charge in [0.1, 0.15) is 17.4 Å². The Kier molecular flexibility index (Phi) is 4.57. The van der Waals surface area contributed by atoms with Crippen LogP contribution < -0.4 is 5.63 Å². The third kappa shape index (κ3) is 3.01. The molecule has 0 amide bonds. The van der Waals surface area contributed by atoms with Crippen molar-refractivity contribution in [3.8, 4) is 5.75 Å². The number of carbonyl (C=O) groups excluding carboxylic acids is 1. The summed E-state index contributed by atoms with van der Waals surface area (Å²) < 4.78 is 10.2. The zero-order valence-corrected chi connectivity index (χ0v) is 13.9. The summed E-state index contributed by atoms with van der Waals surface area (Å²) in [5, 5.41) is 10.6. The smallest absolute Gasteiger partial charge is 0.336 e. The van der Waals surface area contributed by atoms with E-state index < -0.39 is 5.63 Å². The highest BCUT2D eigenvalue weighted by atomic mass is 16.5. The fourth-order valence-corrected chi connectivity index (χ4v) is 3.35. The first-order valence-electron chi connectivity index (χ1n) is 8.08. The molecular formula is C18H21NO5. The molecule has 1 aromatic heterocycles. The van der Waals surface area contributed by atoms with Crippen molar-refractivity contribution in [3.05, 3.63) is 39.7 Å². The first-order valence-corrected chi connectivity index (χ1v) is 8.08.